The number of alkyl halides is 3. The second-order valence-corrected chi connectivity index (χ2v) is 12.2. The SMILES string of the molecule is CS(=O)(=O)c1ccc(-c2ccc([C@H](N[C@@H](CC3CC3)C(=O)NC(C#N)Cc3ccccc3)C(F)(F)F)cc2)cc1. The fourth-order valence-corrected chi connectivity index (χ4v) is 5.16. The van der Waals surface area contributed by atoms with Gasteiger partial charge in [-0.1, -0.05) is 79.6 Å². The van der Waals surface area contributed by atoms with Crippen molar-refractivity contribution in [1.82, 2.24) is 10.6 Å². The third kappa shape index (κ3) is 7.93. The molecule has 1 amide bonds. The maximum absolute atomic E-state index is 14.3. The van der Waals surface area contributed by atoms with E-state index in [-0.39, 0.29) is 29.2 Å². The van der Waals surface area contributed by atoms with E-state index >= 15 is 0 Å². The maximum Gasteiger partial charge on any atom is 0.407 e. The van der Waals surface area contributed by atoms with Crippen LogP contribution in [0.2, 0.25) is 0 Å². The Hall–Kier alpha value is -3.68. The molecular weight excluding hydrogens is 539 g/mol. The molecule has 40 heavy (non-hydrogen) atoms. The van der Waals surface area contributed by atoms with Crippen LogP contribution in [0.3, 0.4) is 0 Å². The molecule has 0 heterocycles. The zero-order valence-corrected chi connectivity index (χ0v) is 22.7. The number of carbonyl (C=O) groups excluding carboxylic acids is 1. The minimum Gasteiger partial charge on any atom is -0.339 e. The maximum atomic E-state index is 14.3. The number of carbonyl (C=O) groups is 1. The summed E-state index contributed by atoms with van der Waals surface area (Å²) in [6.45, 7) is 0. The van der Waals surface area contributed by atoms with E-state index in [0.29, 0.717) is 11.1 Å². The largest absolute Gasteiger partial charge is 0.407 e. The fraction of sp³-hybridized carbons (Fsp3) is 0.333. The molecule has 1 saturated carbocycles. The van der Waals surface area contributed by atoms with Crippen LogP contribution in [0.15, 0.2) is 83.8 Å². The van der Waals surface area contributed by atoms with Gasteiger partial charge in [0, 0.05) is 12.7 Å². The fourth-order valence-electron chi connectivity index (χ4n) is 4.53. The molecule has 0 aromatic heterocycles. The summed E-state index contributed by atoms with van der Waals surface area (Å²) in [5.41, 5.74) is 2.05. The highest BCUT2D eigenvalue weighted by atomic mass is 32.2. The zero-order valence-electron chi connectivity index (χ0n) is 21.9. The molecule has 1 aliphatic carbocycles. The summed E-state index contributed by atoms with van der Waals surface area (Å²) in [7, 11) is -3.37. The summed E-state index contributed by atoms with van der Waals surface area (Å²) in [5, 5.41) is 14.8. The number of hydrogen-bond donors (Lipinski definition) is 2. The van der Waals surface area contributed by atoms with E-state index in [1.54, 1.807) is 12.1 Å². The summed E-state index contributed by atoms with van der Waals surface area (Å²) in [5.74, 6) is -0.477. The van der Waals surface area contributed by atoms with Crippen LogP contribution in [-0.4, -0.2) is 38.8 Å². The minimum atomic E-state index is -4.68. The lowest BCUT2D eigenvalue weighted by Crippen LogP contribution is -2.51. The van der Waals surface area contributed by atoms with Gasteiger partial charge in [0.25, 0.3) is 0 Å². The smallest absolute Gasteiger partial charge is 0.339 e. The Morgan fingerprint density at radius 1 is 0.975 bits per heavy atom. The van der Waals surface area contributed by atoms with Crippen molar-refractivity contribution in [3.8, 4) is 17.2 Å². The lowest BCUT2D eigenvalue weighted by atomic mass is 9.98. The highest BCUT2D eigenvalue weighted by Gasteiger charge is 2.44. The molecular formula is C30H30F3N3O3S. The van der Waals surface area contributed by atoms with Crippen LogP contribution in [0.25, 0.3) is 11.1 Å². The number of benzene rings is 3. The summed E-state index contributed by atoms with van der Waals surface area (Å²) in [6, 6.07) is 18.9. The van der Waals surface area contributed by atoms with E-state index in [1.807, 2.05) is 36.4 Å². The number of amides is 1. The Morgan fingerprint density at radius 2 is 1.55 bits per heavy atom. The number of sulfone groups is 1. The normalized spacial score (nSPS) is 16.0. The van der Waals surface area contributed by atoms with Crippen molar-refractivity contribution in [2.24, 2.45) is 5.92 Å². The first-order valence-corrected chi connectivity index (χ1v) is 14.8. The van der Waals surface area contributed by atoms with Crippen LogP contribution < -0.4 is 10.6 Å². The van der Waals surface area contributed by atoms with Gasteiger partial charge in [0.15, 0.2) is 9.84 Å². The van der Waals surface area contributed by atoms with Crippen molar-refractivity contribution >= 4 is 15.7 Å². The number of halogens is 3. The van der Waals surface area contributed by atoms with Gasteiger partial charge >= 0.3 is 6.18 Å². The molecule has 3 aromatic rings. The molecule has 0 saturated heterocycles. The molecule has 1 fully saturated rings. The van der Waals surface area contributed by atoms with E-state index in [9.17, 15) is 31.6 Å². The van der Waals surface area contributed by atoms with Crippen molar-refractivity contribution < 1.29 is 26.4 Å². The Morgan fingerprint density at radius 3 is 2.05 bits per heavy atom. The van der Waals surface area contributed by atoms with Crippen molar-refractivity contribution in [2.75, 3.05) is 6.26 Å². The average molecular weight is 570 g/mol. The molecule has 0 spiro atoms. The van der Waals surface area contributed by atoms with E-state index in [0.717, 1.165) is 24.7 Å². The van der Waals surface area contributed by atoms with Gasteiger partial charge in [0.05, 0.1) is 17.0 Å². The average Bonchev–Trinajstić information content (AvgIpc) is 3.74. The molecule has 0 aliphatic heterocycles. The monoisotopic (exact) mass is 569 g/mol. The molecule has 0 radical (unpaired) electrons. The summed E-state index contributed by atoms with van der Waals surface area (Å²) >= 11 is 0. The number of nitrogens with zero attached hydrogens (tertiary/aromatic N) is 1. The van der Waals surface area contributed by atoms with Crippen molar-refractivity contribution in [3.05, 3.63) is 90.0 Å². The third-order valence-electron chi connectivity index (χ3n) is 6.89. The lowest BCUT2D eigenvalue weighted by Gasteiger charge is -2.28. The van der Waals surface area contributed by atoms with Gasteiger partial charge < -0.3 is 5.32 Å². The summed E-state index contributed by atoms with van der Waals surface area (Å²) in [6.07, 6.45) is -1.40. The van der Waals surface area contributed by atoms with Crippen molar-refractivity contribution in [1.29, 1.82) is 5.26 Å². The van der Waals surface area contributed by atoms with E-state index in [4.69, 9.17) is 0 Å². The molecule has 3 aromatic carbocycles. The first-order valence-electron chi connectivity index (χ1n) is 12.9. The van der Waals surface area contributed by atoms with Gasteiger partial charge in [0.2, 0.25) is 5.91 Å². The number of hydrogen-bond acceptors (Lipinski definition) is 5. The molecule has 2 N–H and O–H groups in total. The van der Waals surface area contributed by atoms with Crippen LogP contribution in [-0.2, 0) is 21.1 Å². The second kappa shape index (κ2) is 12.2. The van der Waals surface area contributed by atoms with E-state index in [2.05, 4.69) is 10.6 Å². The van der Waals surface area contributed by atoms with Gasteiger partial charge in [-0.15, -0.1) is 0 Å². The molecule has 10 heteroatoms. The van der Waals surface area contributed by atoms with Crippen molar-refractivity contribution in [3.63, 3.8) is 0 Å². The standard InChI is InChI=1S/C30H30F3N3O3S/c1-40(38,39)26-15-13-23(14-16-26)22-9-11-24(12-10-22)28(30(31,32)33)36-27(18-21-7-8-21)29(37)35-25(19-34)17-20-5-3-2-4-6-20/h2-6,9-16,21,25,27-28,36H,7-8,17-18H2,1H3,(H,35,37)/t25?,27-,28-/m0/s1. The number of rotatable bonds is 11. The van der Waals surface area contributed by atoms with Crippen LogP contribution in [0, 0.1) is 17.2 Å². The van der Waals surface area contributed by atoms with Crippen LogP contribution in [0.1, 0.15) is 36.4 Å². The Bertz CT molecular complexity index is 1450. The Labute approximate surface area is 232 Å². The van der Waals surface area contributed by atoms with Gasteiger partial charge in [-0.25, -0.2) is 8.42 Å². The second-order valence-electron chi connectivity index (χ2n) is 10.2. The topological polar surface area (TPSA) is 99.1 Å². The first-order chi connectivity index (χ1) is 18.9. The molecule has 0 bridgehead atoms. The highest BCUT2D eigenvalue weighted by Crippen LogP contribution is 2.37. The number of nitrogens with one attached hydrogen (secondary N) is 2. The van der Waals surface area contributed by atoms with Gasteiger partial charge in [-0.2, -0.15) is 18.4 Å². The minimum absolute atomic E-state index is 0.0567. The van der Waals surface area contributed by atoms with Crippen LogP contribution in [0.5, 0.6) is 0 Å². The highest BCUT2D eigenvalue weighted by molar-refractivity contribution is 7.90. The molecule has 3 atom stereocenters. The van der Waals surface area contributed by atoms with E-state index in [1.165, 1.54) is 36.4 Å². The van der Waals surface area contributed by atoms with Crippen LogP contribution in [0.4, 0.5) is 13.2 Å². The Kier molecular flexibility index (Phi) is 8.96. The predicted octanol–water partition coefficient (Wildman–Crippen LogP) is 5.37. The zero-order chi connectivity index (χ0) is 28.9. The molecule has 1 unspecified atom stereocenters. The van der Waals surface area contributed by atoms with Gasteiger partial charge in [-0.3, -0.25) is 10.1 Å². The summed E-state index contributed by atoms with van der Waals surface area (Å²) in [4.78, 5) is 13.3. The lowest BCUT2D eigenvalue weighted by molar-refractivity contribution is -0.161. The number of nitriles is 1. The molecule has 6 nitrogen and oxygen atoms in total. The molecule has 210 valence electrons. The van der Waals surface area contributed by atoms with Gasteiger partial charge in [0.1, 0.15) is 12.1 Å². The van der Waals surface area contributed by atoms with Gasteiger partial charge in [-0.05, 0) is 46.7 Å². The first kappa shape index (κ1) is 29.3. The van der Waals surface area contributed by atoms with Crippen molar-refractivity contribution in [2.45, 2.75) is 54.9 Å². The predicted molar refractivity (Wildman–Crippen MR) is 146 cm³/mol. The quantitative estimate of drug-likeness (QED) is 0.324. The molecule has 1 aliphatic rings. The van der Waals surface area contributed by atoms with E-state index < -0.39 is 40.0 Å². The van der Waals surface area contributed by atoms with Crippen LogP contribution >= 0.6 is 0 Å². The third-order valence-corrected chi connectivity index (χ3v) is 8.02. The summed E-state index contributed by atoms with van der Waals surface area (Å²) < 4.78 is 66.2. The Balaban J connectivity index is 1.52. The molecule has 4 rings (SSSR count).